The van der Waals surface area contributed by atoms with Crippen LogP contribution in [0, 0.1) is 0 Å². The summed E-state index contributed by atoms with van der Waals surface area (Å²) in [6.45, 7) is 0.985. The van der Waals surface area contributed by atoms with E-state index < -0.39 is 0 Å². The summed E-state index contributed by atoms with van der Waals surface area (Å²) in [5.41, 5.74) is 3.39. The summed E-state index contributed by atoms with van der Waals surface area (Å²) in [6, 6.07) is 13.6. The molecule has 1 fully saturated rings. The van der Waals surface area contributed by atoms with Gasteiger partial charge in [-0.25, -0.2) is 0 Å². The molecule has 1 aliphatic heterocycles. The van der Waals surface area contributed by atoms with Gasteiger partial charge in [-0.3, -0.25) is 0 Å². The predicted molar refractivity (Wildman–Crippen MR) is 71.3 cm³/mol. The minimum atomic E-state index is 0.185. The molecule has 0 bridgehead atoms. The van der Waals surface area contributed by atoms with E-state index in [-0.39, 0.29) is 5.75 Å². The molecule has 2 aromatic carbocycles. The van der Waals surface area contributed by atoms with E-state index in [2.05, 4.69) is 15.5 Å². The average molecular weight is 252 g/mol. The van der Waals surface area contributed by atoms with Gasteiger partial charge in [0.05, 0.1) is 0 Å². The summed E-state index contributed by atoms with van der Waals surface area (Å²) < 4.78 is 0. The van der Waals surface area contributed by atoms with Gasteiger partial charge in [-0.15, -0.1) is 15.0 Å². The molecule has 1 aliphatic rings. The van der Waals surface area contributed by atoms with Crippen LogP contribution in [-0.2, 0) is 0 Å². The van der Waals surface area contributed by atoms with E-state index in [1.807, 2.05) is 36.4 Å². The summed E-state index contributed by atoms with van der Waals surface area (Å²) in [5.74, 6) is 0.185. The summed E-state index contributed by atoms with van der Waals surface area (Å²) in [6.07, 6.45) is 0. The third-order valence-electron chi connectivity index (χ3n) is 3.31. The van der Waals surface area contributed by atoms with Crippen molar-refractivity contribution in [2.45, 2.75) is 6.04 Å². The fraction of sp³-hybridized carbons (Fsp3) is 0.143. The molecule has 94 valence electrons. The third kappa shape index (κ3) is 1.75. The van der Waals surface area contributed by atoms with E-state index >= 15 is 0 Å². The third-order valence-corrected chi connectivity index (χ3v) is 3.31. The Bertz CT molecular complexity index is 728. The Morgan fingerprint density at radius 1 is 1.11 bits per heavy atom. The number of hydrogen-bond acceptors (Lipinski definition) is 4. The first kappa shape index (κ1) is 10.5. The maximum Gasteiger partial charge on any atom is 0.143 e. The van der Waals surface area contributed by atoms with Crippen molar-refractivity contribution in [2.24, 2.45) is 0 Å². The van der Waals surface area contributed by atoms with E-state index in [1.54, 1.807) is 6.07 Å². The van der Waals surface area contributed by atoms with Crippen LogP contribution in [0.1, 0.15) is 11.6 Å². The second-order valence-electron chi connectivity index (χ2n) is 4.69. The monoisotopic (exact) mass is 252 g/mol. The van der Waals surface area contributed by atoms with Crippen LogP contribution in [0.5, 0.6) is 5.75 Å². The SMILES string of the molecule is Oc1ccc(C2CN2)cc1-n1nc2ccccc2n1. The number of fused-ring (bicyclic) bond motifs is 1. The predicted octanol–water partition coefficient (Wildman–Crippen LogP) is 1.77. The van der Waals surface area contributed by atoms with Crippen molar-refractivity contribution in [3.8, 4) is 11.4 Å². The molecule has 5 nitrogen and oxygen atoms in total. The van der Waals surface area contributed by atoms with Crippen LogP contribution < -0.4 is 5.32 Å². The zero-order chi connectivity index (χ0) is 12.8. The second kappa shape index (κ2) is 3.80. The number of phenolic OH excluding ortho intramolecular Hbond substituents is 1. The first-order chi connectivity index (χ1) is 9.31. The highest BCUT2D eigenvalue weighted by atomic mass is 16.3. The highest BCUT2D eigenvalue weighted by Crippen LogP contribution is 2.28. The van der Waals surface area contributed by atoms with Crippen LogP contribution in [0.2, 0.25) is 0 Å². The summed E-state index contributed by atoms with van der Waals surface area (Å²) >= 11 is 0. The van der Waals surface area contributed by atoms with Crippen LogP contribution in [-0.4, -0.2) is 26.6 Å². The van der Waals surface area contributed by atoms with Gasteiger partial charge >= 0.3 is 0 Å². The van der Waals surface area contributed by atoms with Crippen molar-refractivity contribution in [1.82, 2.24) is 20.3 Å². The number of benzene rings is 2. The molecule has 4 rings (SSSR count). The molecule has 5 heteroatoms. The molecule has 1 unspecified atom stereocenters. The van der Waals surface area contributed by atoms with Crippen molar-refractivity contribution >= 4 is 11.0 Å². The highest BCUT2D eigenvalue weighted by Gasteiger charge is 2.23. The maximum absolute atomic E-state index is 9.99. The van der Waals surface area contributed by atoms with Gasteiger partial charge < -0.3 is 10.4 Å². The molecule has 1 saturated heterocycles. The van der Waals surface area contributed by atoms with Crippen LogP contribution in [0.3, 0.4) is 0 Å². The molecule has 0 saturated carbocycles. The largest absolute Gasteiger partial charge is 0.506 e. The van der Waals surface area contributed by atoms with Crippen LogP contribution in [0.25, 0.3) is 16.7 Å². The molecule has 0 amide bonds. The maximum atomic E-state index is 9.99. The number of nitrogens with zero attached hydrogens (tertiary/aromatic N) is 3. The number of rotatable bonds is 2. The lowest BCUT2D eigenvalue weighted by atomic mass is 10.1. The van der Waals surface area contributed by atoms with Crippen LogP contribution >= 0.6 is 0 Å². The molecule has 0 aliphatic carbocycles. The van der Waals surface area contributed by atoms with Gasteiger partial charge in [-0.2, -0.15) is 0 Å². The molecule has 2 N–H and O–H groups in total. The van der Waals surface area contributed by atoms with Crippen LogP contribution in [0.4, 0.5) is 0 Å². The van der Waals surface area contributed by atoms with Gasteiger partial charge in [0.2, 0.25) is 0 Å². The quantitative estimate of drug-likeness (QED) is 0.682. The van der Waals surface area contributed by atoms with E-state index in [1.165, 1.54) is 4.80 Å². The van der Waals surface area contributed by atoms with Gasteiger partial charge in [0, 0.05) is 12.6 Å². The van der Waals surface area contributed by atoms with Crippen molar-refractivity contribution in [2.75, 3.05) is 6.54 Å². The molecular formula is C14H12N4O. The van der Waals surface area contributed by atoms with Crippen molar-refractivity contribution in [1.29, 1.82) is 0 Å². The molecular weight excluding hydrogens is 240 g/mol. The molecule has 1 atom stereocenters. The average Bonchev–Trinajstić information content (AvgIpc) is 3.18. The molecule has 0 spiro atoms. The zero-order valence-corrected chi connectivity index (χ0v) is 10.1. The Morgan fingerprint density at radius 2 is 1.79 bits per heavy atom. The minimum absolute atomic E-state index is 0.185. The minimum Gasteiger partial charge on any atom is -0.506 e. The number of phenols is 1. The van der Waals surface area contributed by atoms with E-state index in [4.69, 9.17) is 0 Å². The van der Waals surface area contributed by atoms with Gasteiger partial charge in [0.15, 0.2) is 0 Å². The lowest BCUT2D eigenvalue weighted by Gasteiger charge is -2.05. The molecule has 3 aromatic rings. The first-order valence-electron chi connectivity index (χ1n) is 6.20. The van der Waals surface area contributed by atoms with E-state index in [0.29, 0.717) is 11.7 Å². The Hall–Kier alpha value is -2.40. The Kier molecular flexibility index (Phi) is 2.10. The number of nitrogens with one attached hydrogen (secondary N) is 1. The van der Waals surface area contributed by atoms with Gasteiger partial charge in [0.1, 0.15) is 22.5 Å². The number of hydrogen-bond donors (Lipinski definition) is 2. The summed E-state index contributed by atoms with van der Waals surface area (Å²) in [7, 11) is 0. The zero-order valence-electron chi connectivity index (χ0n) is 10.1. The summed E-state index contributed by atoms with van der Waals surface area (Å²) in [4.78, 5) is 1.49. The van der Waals surface area contributed by atoms with Gasteiger partial charge in [0.25, 0.3) is 0 Å². The Morgan fingerprint density at radius 3 is 2.42 bits per heavy atom. The molecule has 19 heavy (non-hydrogen) atoms. The van der Waals surface area contributed by atoms with Crippen molar-refractivity contribution in [3.63, 3.8) is 0 Å². The fourth-order valence-electron chi connectivity index (χ4n) is 2.18. The first-order valence-corrected chi connectivity index (χ1v) is 6.20. The standard InChI is InChI=1S/C14H12N4O/c19-14-6-5-9(12-8-15-12)7-13(14)18-16-10-3-1-2-4-11(10)17-18/h1-7,12,15,19H,8H2. The summed E-state index contributed by atoms with van der Waals surface area (Å²) in [5, 5.41) is 22.0. The Balaban J connectivity index is 1.88. The molecule has 2 heterocycles. The number of aromatic hydroxyl groups is 1. The Labute approximate surface area is 109 Å². The van der Waals surface area contributed by atoms with Gasteiger partial charge in [-0.05, 0) is 29.8 Å². The van der Waals surface area contributed by atoms with E-state index in [0.717, 1.165) is 23.1 Å². The molecule has 1 aromatic heterocycles. The fourth-order valence-corrected chi connectivity index (χ4v) is 2.18. The van der Waals surface area contributed by atoms with Gasteiger partial charge in [-0.1, -0.05) is 18.2 Å². The smallest absolute Gasteiger partial charge is 0.143 e. The van der Waals surface area contributed by atoms with Crippen LogP contribution in [0.15, 0.2) is 42.5 Å². The van der Waals surface area contributed by atoms with Crippen molar-refractivity contribution in [3.05, 3.63) is 48.0 Å². The highest BCUT2D eigenvalue weighted by molar-refractivity contribution is 5.73. The topological polar surface area (TPSA) is 72.9 Å². The second-order valence-corrected chi connectivity index (χ2v) is 4.69. The van der Waals surface area contributed by atoms with E-state index in [9.17, 15) is 5.11 Å². The number of aromatic nitrogens is 3. The normalized spacial score (nSPS) is 17.8. The molecule has 0 radical (unpaired) electrons. The van der Waals surface area contributed by atoms with Crippen molar-refractivity contribution < 1.29 is 5.11 Å². The lowest BCUT2D eigenvalue weighted by Crippen LogP contribution is -2.00. The lowest BCUT2D eigenvalue weighted by molar-refractivity contribution is 0.467.